The molecule has 0 saturated carbocycles. The van der Waals surface area contributed by atoms with Crippen molar-refractivity contribution in [1.82, 2.24) is 25.3 Å². The molecule has 1 unspecified atom stereocenters. The monoisotopic (exact) mass is 477 g/mol. The van der Waals surface area contributed by atoms with Gasteiger partial charge in [-0.3, -0.25) is 19.6 Å². The Kier molecular flexibility index (Phi) is 6.37. The summed E-state index contributed by atoms with van der Waals surface area (Å²) in [5.41, 5.74) is 0.535. The van der Waals surface area contributed by atoms with Crippen molar-refractivity contribution >= 4 is 22.7 Å². The number of carbonyl (C=O) groups is 2. The van der Waals surface area contributed by atoms with Crippen molar-refractivity contribution in [3.8, 4) is 0 Å². The number of nitrogens with zero attached hydrogens (tertiary/aromatic N) is 3. The fraction of sp³-hybridized carbons (Fsp3) is 0.625. The summed E-state index contributed by atoms with van der Waals surface area (Å²) in [4.78, 5) is 26.0. The van der Waals surface area contributed by atoms with E-state index in [0.717, 1.165) is 13.0 Å². The molecule has 3 atom stereocenters. The molecular formula is C24H30F3N5O2. The normalized spacial score (nSPS) is 27.4. The van der Waals surface area contributed by atoms with Gasteiger partial charge in [0.1, 0.15) is 17.5 Å². The van der Waals surface area contributed by atoms with Crippen LogP contribution in [-0.2, 0) is 16.6 Å². The first-order valence-corrected chi connectivity index (χ1v) is 12.1. The molecule has 0 aliphatic carbocycles. The van der Waals surface area contributed by atoms with Gasteiger partial charge in [0, 0.05) is 43.4 Å². The summed E-state index contributed by atoms with van der Waals surface area (Å²) < 4.78 is 46.6. The highest BCUT2D eigenvalue weighted by atomic mass is 19.1. The number of carbonyl (C=O) groups excluding carboxylic acids is 2. The Bertz CT molecular complexity index is 1110. The summed E-state index contributed by atoms with van der Waals surface area (Å²) >= 11 is 0. The van der Waals surface area contributed by atoms with E-state index in [1.807, 2.05) is 0 Å². The van der Waals surface area contributed by atoms with Gasteiger partial charge >= 0.3 is 0 Å². The lowest BCUT2D eigenvalue weighted by Crippen LogP contribution is -2.45. The van der Waals surface area contributed by atoms with Crippen molar-refractivity contribution in [3.05, 3.63) is 29.0 Å². The van der Waals surface area contributed by atoms with E-state index in [4.69, 9.17) is 0 Å². The van der Waals surface area contributed by atoms with Crippen LogP contribution in [0.4, 0.5) is 13.2 Å². The maximum Gasteiger partial charge on any atom is 0.235 e. The smallest absolute Gasteiger partial charge is 0.235 e. The summed E-state index contributed by atoms with van der Waals surface area (Å²) in [7, 11) is 1.58. The second-order valence-corrected chi connectivity index (χ2v) is 9.84. The number of aryl methyl sites for hydroxylation is 1. The summed E-state index contributed by atoms with van der Waals surface area (Å²) in [6, 6.07) is 1.29. The van der Waals surface area contributed by atoms with Crippen LogP contribution in [0.2, 0.25) is 0 Å². The third-order valence-electron chi connectivity index (χ3n) is 7.69. The van der Waals surface area contributed by atoms with Gasteiger partial charge in [-0.1, -0.05) is 0 Å². The zero-order chi connectivity index (χ0) is 24.0. The van der Waals surface area contributed by atoms with Gasteiger partial charge in [-0.15, -0.1) is 0 Å². The third-order valence-corrected chi connectivity index (χ3v) is 7.69. The molecule has 10 heteroatoms. The predicted octanol–water partition coefficient (Wildman–Crippen LogP) is 2.50. The molecule has 3 fully saturated rings. The molecule has 3 aliphatic rings. The van der Waals surface area contributed by atoms with Crippen molar-refractivity contribution in [2.24, 2.45) is 13.0 Å². The third kappa shape index (κ3) is 4.22. The molecule has 1 aromatic carbocycles. The number of amides is 2. The second-order valence-electron chi connectivity index (χ2n) is 9.84. The van der Waals surface area contributed by atoms with E-state index in [0.29, 0.717) is 44.7 Å². The molecule has 34 heavy (non-hydrogen) atoms. The first kappa shape index (κ1) is 23.3. The number of hydrogen-bond acceptors (Lipinski definition) is 5. The average molecular weight is 478 g/mol. The number of hydrogen-bond donors (Lipinski definition) is 2. The van der Waals surface area contributed by atoms with Gasteiger partial charge in [-0.05, 0) is 57.3 Å². The highest BCUT2D eigenvalue weighted by molar-refractivity contribution is 6.02. The summed E-state index contributed by atoms with van der Waals surface area (Å²) in [5.74, 6) is -3.10. The van der Waals surface area contributed by atoms with E-state index >= 15 is 8.78 Å². The van der Waals surface area contributed by atoms with E-state index < -0.39 is 29.6 Å². The lowest BCUT2D eigenvalue weighted by Gasteiger charge is -2.36. The molecule has 0 bridgehead atoms. The van der Waals surface area contributed by atoms with Crippen molar-refractivity contribution < 1.29 is 22.8 Å². The number of aromatic nitrogens is 2. The molecule has 7 nitrogen and oxygen atoms in total. The quantitative estimate of drug-likeness (QED) is 0.662. The molecule has 184 valence electrons. The first-order chi connectivity index (χ1) is 16.3. The number of alkyl halides is 1. The molecular weight excluding hydrogens is 447 g/mol. The van der Waals surface area contributed by atoms with E-state index in [2.05, 4.69) is 20.6 Å². The Morgan fingerprint density at radius 2 is 1.91 bits per heavy atom. The first-order valence-electron chi connectivity index (χ1n) is 12.1. The van der Waals surface area contributed by atoms with Crippen molar-refractivity contribution in [2.45, 2.75) is 50.1 Å². The fourth-order valence-electron chi connectivity index (χ4n) is 5.80. The minimum absolute atomic E-state index is 0.00256. The SMILES string of the molecule is Cn1nc(C2CCC(=O)NC2=O)c2cc(F)c(C3CCN(C[C@H]4CCNC[C@H]4F)CC3)c(F)c21. The van der Waals surface area contributed by atoms with Gasteiger partial charge in [-0.2, -0.15) is 5.10 Å². The van der Waals surface area contributed by atoms with Crippen LogP contribution < -0.4 is 10.6 Å². The summed E-state index contributed by atoms with van der Waals surface area (Å²) in [5, 5.41) is 9.97. The number of halogens is 3. The van der Waals surface area contributed by atoms with Gasteiger partial charge in [0.15, 0.2) is 5.82 Å². The van der Waals surface area contributed by atoms with Crippen LogP contribution >= 0.6 is 0 Å². The number of fused-ring (bicyclic) bond motifs is 1. The zero-order valence-corrected chi connectivity index (χ0v) is 19.2. The Morgan fingerprint density at radius 3 is 2.62 bits per heavy atom. The molecule has 2 amide bonds. The Labute approximate surface area is 196 Å². The van der Waals surface area contributed by atoms with Crippen LogP contribution in [0.1, 0.15) is 55.2 Å². The summed E-state index contributed by atoms with van der Waals surface area (Å²) in [6.45, 7) is 3.24. The maximum absolute atomic E-state index is 15.7. The molecule has 5 rings (SSSR count). The van der Waals surface area contributed by atoms with Crippen molar-refractivity contribution in [3.63, 3.8) is 0 Å². The lowest BCUT2D eigenvalue weighted by molar-refractivity contribution is -0.134. The van der Waals surface area contributed by atoms with Gasteiger partial charge in [-0.25, -0.2) is 13.2 Å². The highest BCUT2D eigenvalue weighted by Crippen LogP contribution is 2.38. The molecule has 3 aliphatic heterocycles. The largest absolute Gasteiger partial charge is 0.314 e. The van der Waals surface area contributed by atoms with Crippen LogP contribution in [-0.4, -0.2) is 65.4 Å². The van der Waals surface area contributed by atoms with Crippen LogP contribution in [0.25, 0.3) is 10.9 Å². The van der Waals surface area contributed by atoms with Crippen molar-refractivity contribution in [1.29, 1.82) is 0 Å². The van der Waals surface area contributed by atoms with Crippen molar-refractivity contribution in [2.75, 3.05) is 32.7 Å². The molecule has 2 aromatic rings. The molecule has 4 heterocycles. The number of rotatable bonds is 4. The van der Waals surface area contributed by atoms with E-state index in [9.17, 15) is 14.0 Å². The Balaban J connectivity index is 1.36. The van der Waals surface area contributed by atoms with Crippen LogP contribution in [0.3, 0.4) is 0 Å². The Hall–Kier alpha value is -2.46. The standard InChI is InChI=1S/C24H30F3N5O2/c1-31-23-16(22(30-31)15-2-3-19(33)29-24(15)34)10-17(25)20(21(23)27)13-5-8-32(9-6-13)12-14-4-7-28-11-18(14)26/h10,13-15,18,28H,2-9,11-12H2,1H3,(H,29,33,34)/t14-,15?,18-/m1/s1. The highest BCUT2D eigenvalue weighted by Gasteiger charge is 2.35. The fourth-order valence-corrected chi connectivity index (χ4v) is 5.80. The molecule has 1 aromatic heterocycles. The number of piperidine rings is 3. The van der Waals surface area contributed by atoms with Gasteiger partial charge < -0.3 is 10.2 Å². The lowest BCUT2D eigenvalue weighted by atomic mass is 9.86. The summed E-state index contributed by atoms with van der Waals surface area (Å²) in [6.07, 6.45) is 1.57. The minimum Gasteiger partial charge on any atom is -0.314 e. The molecule has 2 N–H and O–H groups in total. The van der Waals surface area contributed by atoms with E-state index in [1.165, 1.54) is 10.7 Å². The second kappa shape index (κ2) is 9.30. The van der Waals surface area contributed by atoms with Gasteiger partial charge in [0.25, 0.3) is 0 Å². The average Bonchev–Trinajstić information content (AvgIpc) is 3.12. The number of imide groups is 1. The van der Waals surface area contributed by atoms with Crippen LogP contribution in [0.5, 0.6) is 0 Å². The maximum atomic E-state index is 15.7. The predicted molar refractivity (Wildman–Crippen MR) is 120 cm³/mol. The number of nitrogens with one attached hydrogen (secondary N) is 2. The van der Waals surface area contributed by atoms with Gasteiger partial charge in [0.2, 0.25) is 11.8 Å². The molecule has 0 radical (unpaired) electrons. The topological polar surface area (TPSA) is 79.3 Å². The Morgan fingerprint density at radius 1 is 1.15 bits per heavy atom. The number of benzene rings is 1. The zero-order valence-electron chi connectivity index (χ0n) is 19.2. The number of likely N-dealkylation sites (tertiary alicyclic amines) is 1. The van der Waals surface area contributed by atoms with E-state index in [-0.39, 0.29) is 47.1 Å². The molecule has 0 spiro atoms. The van der Waals surface area contributed by atoms with Crippen LogP contribution in [0.15, 0.2) is 6.07 Å². The van der Waals surface area contributed by atoms with E-state index in [1.54, 1.807) is 7.05 Å². The van der Waals surface area contributed by atoms with Crippen LogP contribution in [0, 0.1) is 17.6 Å². The van der Waals surface area contributed by atoms with Gasteiger partial charge in [0.05, 0.1) is 11.6 Å². The molecule has 3 saturated heterocycles. The minimum atomic E-state index is -0.854.